The summed E-state index contributed by atoms with van der Waals surface area (Å²) in [6.45, 7) is -0.500. The van der Waals surface area contributed by atoms with E-state index >= 15 is 0 Å². The second-order valence-electron chi connectivity index (χ2n) is 3.99. The Kier molecular flexibility index (Phi) is 4.20. The van der Waals surface area contributed by atoms with Crippen LogP contribution in [-0.2, 0) is 4.74 Å². The lowest BCUT2D eigenvalue weighted by Gasteiger charge is -2.05. The minimum atomic E-state index is -1.03. The van der Waals surface area contributed by atoms with Crippen molar-refractivity contribution in [3.05, 3.63) is 71.3 Å². The summed E-state index contributed by atoms with van der Waals surface area (Å²) in [6.07, 6.45) is 0. The number of rotatable bonds is 4. The maximum atomic E-state index is 13.3. The first-order chi connectivity index (χ1) is 9.58. The predicted molar refractivity (Wildman–Crippen MR) is 67.4 cm³/mol. The maximum Gasteiger partial charge on any atom is 0.341 e. The van der Waals surface area contributed by atoms with Crippen LogP contribution in [0.3, 0.4) is 0 Å². The molecule has 0 bridgehead atoms. The van der Waals surface area contributed by atoms with Gasteiger partial charge in [-0.05, 0) is 12.1 Å². The van der Waals surface area contributed by atoms with Gasteiger partial charge < -0.3 is 4.74 Å². The predicted octanol–water partition coefficient (Wildman–Crippen LogP) is 3.00. The molecule has 0 heterocycles. The highest BCUT2D eigenvalue weighted by molar-refractivity contribution is 5.99. The first-order valence-corrected chi connectivity index (χ1v) is 5.78. The van der Waals surface area contributed by atoms with Crippen LogP contribution in [0.2, 0.25) is 0 Å². The van der Waals surface area contributed by atoms with Crippen LogP contribution in [0.15, 0.2) is 48.5 Å². The van der Waals surface area contributed by atoms with Gasteiger partial charge in [0.2, 0.25) is 0 Å². The Hall–Kier alpha value is -2.56. The van der Waals surface area contributed by atoms with Crippen LogP contribution >= 0.6 is 0 Å². The summed E-state index contributed by atoms with van der Waals surface area (Å²) < 4.78 is 30.7. The van der Waals surface area contributed by atoms with Gasteiger partial charge in [-0.3, -0.25) is 4.79 Å². The van der Waals surface area contributed by atoms with Crippen molar-refractivity contribution in [2.75, 3.05) is 6.61 Å². The lowest BCUT2D eigenvalue weighted by Crippen LogP contribution is -2.15. The SMILES string of the molecule is O=C(COC(=O)c1ccc(F)cc1F)c1ccccc1. The number of hydrogen-bond acceptors (Lipinski definition) is 3. The molecular formula is C15H10F2O3. The molecular weight excluding hydrogens is 266 g/mol. The van der Waals surface area contributed by atoms with Gasteiger partial charge in [0.1, 0.15) is 11.6 Å². The number of ketones is 1. The highest BCUT2D eigenvalue weighted by atomic mass is 19.1. The van der Waals surface area contributed by atoms with Crippen molar-refractivity contribution in [1.29, 1.82) is 0 Å². The van der Waals surface area contributed by atoms with Crippen molar-refractivity contribution < 1.29 is 23.1 Å². The minimum Gasteiger partial charge on any atom is -0.454 e. The summed E-state index contributed by atoms with van der Waals surface area (Å²) in [5.41, 5.74) is -0.0212. The van der Waals surface area contributed by atoms with Crippen molar-refractivity contribution in [2.45, 2.75) is 0 Å². The molecule has 2 aromatic carbocycles. The first-order valence-electron chi connectivity index (χ1n) is 5.78. The molecule has 0 saturated heterocycles. The van der Waals surface area contributed by atoms with Gasteiger partial charge >= 0.3 is 5.97 Å². The zero-order valence-electron chi connectivity index (χ0n) is 10.3. The number of ether oxygens (including phenoxy) is 1. The van der Waals surface area contributed by atoms with Crippen molar-refractivity contribution in [3.63, 3.8) is 0 Å². The fourth-order valence-electron chi connectivity index (χ4n) is 1.57. The zero-order chi connectivity index (χ0) is 14.5. The average Bonchev–Trinajstić information content (AvgIpc) is 2.45. The second kappa shape index (κ2) is 6.06. The lowest BCUT2D eigenvalue weighted by atomic mass is 10.1. The van der Waals surface area contributed by atoms with Crippen molar-refractivity contribution >= 4 is 11.8 Å². The highest BCUT2D eigenvalue weighted by Gasteiger charge is 2.15. The second-order valence-corrected chi connectivity index (χ2v) is 3.99. The van der Waals surface area contributed by atoms with Gasteiger partial charge in [0.25, 0.3) is 0 Å². The van der Waals surface area contributed by atoms with Gasteiger partial charge in [0.05, 0.1) is 5.56 Å². The van der Waals surface area contributed by atoms with E-state index in [4.69, 9.17) is 4.74 Å². The van der Waals surface area contributed by atoms with Crippen LogP contribution in [0.25, 0.3) is 0 Å². The summed E-state index contributed by atoms with van der Waals surface area (Å²) in [7, 11) is 0. The molecule has 2 aromatic rings. The number of carbonyl (C=O) groups is 2. The zero-order valence-corrected chi connectivity index (χ0v) is 10.3. The normalized spacial score (nSPS) is 10.1. The van der Waals surface area contributed by atoms with E-state index in [9.17, 15) is 18.4 Å². The minimum absolute atomic E-state index is 0.389. The van der Waals surface area contributed by atoms with E-state index < -0.39 is 35.6 Å². The number of Topliss-reactive ketones (excluding diaryl/α,β-unsaturated/α-hetero) is 1. The van der Waals surface area contributed by atoms with Gasteiger partial charge in [-0.2, -0.15) is 0 Å². The van der Waals surface area contributed by atoms with Gasteiger partial charge in [-0.25, -0.2) is 13.6 Å². The van der Waals surface area contributed by atoms with Crippen molar-refractivity contribution in [1.82, 2.24) is 0 Å². The number of benzene rings is 2. The Morgan fingerprint density at radius 1 is 1.00 bits per heavy atom. The van der Waals surface area contributed by atoms with E-state index in [0.29, 0.717) is 11.6 Å². The molecule has 0 aliphatic carbocycles. The summed E-state index contributed by atoms with van der Waals surface area (Å²) >= 11 is 0. The molecule has 0 unspecified atom stereocenters. The van der Waals surface area contributed by atoms with E-state index in [1.807, 2.05) is 0 Å². The molecule has 2 rings (SSSR count). The molecule has 3 nitrogen and oxygen atoms in total. The quantitative estimate of drug-likeness (QED) is 0.637. The van der Waals surface area contributed by atoms with E-state index in [1.165, 1.54) is 0 Å². The Morgan fingerprint density at radius 3 is 2.35 bits per heavy atom. The van der Waals surface area contributed by atoms with Gasteiger partial charge in [-0.1, -0.05) is 30.3 Å². The summed E-state index contributed by atoms with van der Waals surface area (Å²) in [5.74, 6) is -3.23. The van der Waals surface area contributed by atoms with Crippen LogP contribution in [0.4, 0.5) is 8.78 Å². The van der Waals surface area contributed by atoms with Crippen LogP contribution in [0.1, 0.15) is 20.7 Å². The molecule has 0 fully saturated rings. The van der Waals surface area contributed by atoms with Crippen molar-refractivity contribution in [2.24, 2.45) is 0 Å². The number of halogens is 2. The molecule has 0 radical (unpaired) electrons. The Bertz CT molecular complexity index is 639. The van der Waals surface area contributed by atoms with Crippen LogP contribution in [-0.4, -0.2) is 18.4 Å². The molecule has 0 saturated carbocycles. The largest absolute Gasteiger partial charge is 0.454 e. The molecule has 0 atom stereocenters. The molecule has 0 aromatic heterocycles. The van der Waals surface area contributed by atoms with Crippen LogP contribution in [0, 0.1) is 11.6 Å². The Labute approximate surface area is 113 Å². The summed E-state index contributed by atoms with van der Waals surface area (Å²) in [4.78, 5) is 23.3. The van der Waals surface area contributed by atoms with Crippen LogP contribution in [0.5, 0.6) is 0 Å². The molecule has 0 amide bonds. The third-order valence-electron chi connectivity index (χ3n) is 2.58. The molecule has 5 heteroatoms. The first kappa shape index (κ1) is 13.9. The monoisotopic (exact) mass is 276 g/mol. The Morgan fingerprint density at radius 2 is 1.70 bits per heavy atom. The molecule has 102 valence electrons. The third-order valence-corrected chi connectivity index (χ3v) is 2.58. The smallest absolute Gasteiger partial charge is 0.341 e. The molecule has 0 N–H and O–H groups in total. The number of hydrogen-bond donors (Lipinski definition) is 0. The maximum absolute atomic E-state index is 13.3. The molecule has 0 aliphatic rings. The van der Waals surface area contributed by atoms with E-state index in [-0.39, 0.29) is 0 Å². The Balaban J connectivity index is 2.00. The third kappa shape index (κ3) is 3.26. The average molecular weight is 276 g/mol. The summed E-state index contributed by atoms with van der Waals surface area (Å²) in [5, 5.41) is 0. The van der Waals surface area contributed by atoms with Crippen molar-refractivity contribution in [3.8, 4) is 0 Å². The van der Waals surface area contributed by atoms with E-state index in [2.05, 4.69) is 0 Å². The topological polar surface area (TPSA) is 43.4 Å². The number of esters is 1. The molecule has 0 aliphatic heterocycles. The highest BCUT2D eigenvalue weighted by Crippen LogP contribution is 2.11. The van der Waals surface area contributed by atoms with Gasteiger partial charge in [-0.15, -0.1) is 0 Å². The molecule has 0 spiro atoms. The fourth-order valence-corrected chi connectivity index (χ4v) is 1.57. The number of carbonyl (C=O) groups excluding carboxylic acids is 2. The molecule has 20 heavy (non-hydrogen) atoms. The lowest BCUT2D eigenvalue weighted by molar-refractivity contribution is 0.0470. The van der Waals surface area contributed by atoms with E-state index in [1.54, 1.807) is 30.3 Å². The standard InChI is InChI=1S/C15H10F2O3/c16-11-6-7-12(13(17)8-11)15(19)20-9-14(18)10-4-2-1-3-5-10/h1-8H,9H2. The van der Waals surface area contributed by atoms with Crippen LogP contribution < -0.4 is 0 Å². The summed E-state index contributed by atoms with van der Waals surface area (Å²) in [6, 6.07) is 10.7. The van der Waals surface area contributed by atoms with Gasteiger partial charge in [0.15, 0.2) is 12.4 Å². The van der Waals surface area contributed by atoms with Gasteiger partial charge in [0, 0.05) is 11.6 Å². The van der Waals surface area contributed by atoms with E-state index in [0.717, 1.165) is 12.1 Å². The fraction of sp³-hybridized carbons (Fsp3) is 0.0667.